The number of rotatable bonds is 7. The molecule has 4 nitrogen and oxygen atoms in total. The molecule has 2 atom stereocenters. The maximum absolute atomic E-state index is 11.8. The van der Waals surface area contributed by atoms with Crippen molar-refractivity contribution in [1.82, 2.24) is 0 Å². The highest BCUT2D eigenvalue weighted by molar-refractivity contribution is 7.44. The molecule has 0 spiro atoms. The van der Waals surface area contributed by atoms with Crippen molar-refractivity contribution in [1.29, 1.82) is 0 Å². The molecule has 2 unspecified atom stereocenters. The normalized spacial score (nSPS) is 13.1. The second-order valence-corrected chi connectivity index (χ2v) is 5.03. The Morgan fingerprint density at radius 2 is 2.00 bits per heavy atom. The molecular formula is C14H19O4P. The summed E-state index contributed by atoms with van der Waals surface area (Å²) in [6, 6.07) is 9.56. The number of hydrogen-bond donors (Lipinski definition) is 0. The molecule has 0 aromatic heterocycles. The third kappa shape index (κ3) is 5.97. The first-order chi connectivity index (χ1) is 9.17. The Hall–Kier alpha value is -1.22. The van der Waals surface area contributed by atoms with E-state index in [0.29, 0.717) is 19.6 Å². The van der Waals surface area contributed by atoms with Gasteiger partial charge < -0.3 is 9.63 Å². The van der Waals surface area contributed by atoms with Crippen LogP contribution in [0.25, 0.3) is 0 Å². The maximum Gasteiger partial charge on any atom is 0.317 e. The van der Waals surface area contributed by atoms with E-state index in [1.807, 2.05) is 30.3 Å². The van der Waals surface area contributed by atoms with Crippen molar-refractivity contribution >= 4 is 19.8 Å². The fraction of sp³-hybridized carbons (Fsp3) is 0.429. The number of hydrogen-bond acceptors (Lipinski definition) is 4. The molecular weight excluding hydrogens is 263 g/mol. The van der Waals surface area contributed by atoms with E-state index in [1.54, 1.807) is 13.8 Å². The van der Waals surface area contributed by atoms with Gasteiger partial charge in [0.2, 0.25) is 8.00 Å². The van der Waals surface area contributed by atoms with E-state index in [0.717, 1.165) is 5.56 Å². The van der Waals surface area contributed by atoms with E-state index < -0.39 is 13.9 Å². The maximum atomic E-state index is 11.8. The Bertz CT molecular complexity index is 417. The summed E-state index contributed by atoms with van der Waals surface area (Å²) in [5.41, 5.74) is 0.997. The fourth-order valence-corrected chi connectivity index (χ4v) is 2.49. The molecule has 0 N–H and O–H groups in total. The van der Waals surface area contributed by atoms with Gasteiger partial charge in [-0.2, -0.15) is 4.52 Å². The molecule has 5 heteroatoms. The average molecular weight is 282 g/mol. The SMILES string of the molecule is CCOC(=O)C(C=[P+]([O-])OCC)Cc1ccccc1. The number of ether oxygens (including phenoxy) is 1. The van der Waals surface area contributed by atoms with Crippen molar-refractivity contribution in [2.45, 2.75) is 20.3 Å². The monoisotopic (exact) mass is 282 g/mol. The molecule has 0 saturated heterocycles. The van der Waals surface area contributed by atoms with Crippen LogP contribution in [0.3, 0.4) is 0 Å². The Morgan fingerprint density at radius 3 is 2.58 bits per heavy atom. The van der Waals surface area contributed by atoms with Crippen LogP contribution in [-0.4, -0.2) is 25.0 Å². The summed E-state index contributed by atoms with van der Waals surface area (Å²) in [5, 5.41) is 0. The summed E-state index contributed by atoms with van der Waals surface area (Å²) in [4.78, 5) is 23.5. The highest BCUT2D eigenvalue weighted by Crippen LogP contribution is 2.17. The summed E-state index contributed by atoms with van der Waals surface area (Å²) >= 11 is 0. The largest absolute Gasteiger partial charge is 0.603 e. The molecule has 0 heterocycles. The zero-order chi connectivity index (χ0) is 14.1. The van der Waals surface area contributed by atoms with E-state index in [1.165, 1.54) is 5.80 Å². The van der Waals surface area contributed by atoms with Gasteiger partial charge in [0.1, 0.15) is 11.7 Å². The molecule has 1 aromatic carbocycles. The summed E-state index contributed by atoms with van der Waals surface area (Å²) in [5.74, 6) is 0.524. The van der Waals surface area contributed by atoms with Crippen molar-refractivity contribution < 1.29 is 18.9 Å². The molecule has 1 rings (SSSR count). The first-order valence-corrected chi connectivity index (χ1v) is 7.56. The van der Waals surface area contributed by atoms with Gasteiger partial charge in [-0.1, -0.05) is 30.3 Å². The van der Waals surface area contributed by atoms with Gasteiger partial charge in [0.05, 0.1) is 13.2 Å². The third-order valence-corrected chi connectivity index (χ3v) is 3.56. The molecule has 0 fully saturated rings. The second kappa shape index (κ2) is 8.81. The molecule has 0 saturated carbocycles. The number of esters is 1. The summed E-state index contributed by atoms with van der Waals surface area (Å²) in [6.45, 7) is 4.17. The van der Waals surface area contributed by atoms with Crippen LogP contribution in [0.2, 0.25) is 0 Å². The zero-order valence-electron chi connectivity index (χ0n) is 11.2. The van der Waals surface area contributed by atoms with Crippen molar-refractivity contribution in [2.75, 3.05) is 13.2 Å². The minimum atomic E-state index is -1.94. The molecule has 0 aliphatic carbocycles. The predicted octanol–water partition coefficient (Wildman–Crippen LogP) is 1.92. The van der Waals surface area contributed by atoms with E-state index in [2.05, 4.69) is 0 Å². The molecule has 104 valence electrons. The molecule has 0 radical (unpaired) electrons. The van der Waals surface area contributed by atoms with Crippen molar-refractivity contribution in [3.05, 3.63) is 35.9 Å². The van der Waals surface area contributed by atoms with Gasteiger partial charge in [-0.3, -0.25) is 4.79 Å². The first kappa shape index (κ1) is 15.8. The van der Waals surface area contributed by atoms with Crippen LogP contribution in [0.4, 0.5) is 0 Å². The molecule has 0 amide bonds. The standard InChI is InChI=1S/C14H19O4P/c1-3-17-14(15)13(11-19(16)18-4-2)10-12-8-6-5-7-9-12/h5-9,11,13H,3-4,10H2,1-2H3. The van der Waals surface area contributed by atoms with Crippen molar-refractivity contribution in [3.63, 3.8) is 0 Å². The van der Waals surface area contributed by atoms with Crippen LogP contribution in [-0.2, 0) is 20.5 Å². The van der Waals surface area contributed by atoms with E-state index in [9.17, 15) is 9.69 Å². The summed E-state index contributed by atoms with van der Waals surface area (Å²) in [7, 11) is -1.94. The highest BCUT2D eigenvalue weighted by Gasteiger charge is 2.22. The van der Waals surface area contributed by atoms with Gasteiger partial charge in [-0.05, 0) is 25.8 Å². The van der Waals surface area contributed by atoms with Crippen molar-refractivity contribution in [3.8, 4) is 0 Å². The van der Waals surface area contributed by atoms with Crippen LogP contribution in [0.15, 0.2) is 30.3 Å². The quantitative estimate of drug-likeness (QED) is 0.566. The smallest absolute Gasteiger partial charge is 0.317 e. The second-order valence-electron chi connectivity index (χ2n) is 3.90. The number of carbonyl (C=O) groups excluding carboxylic acids is 1. The Morgan fingerprint density at radius 1 is 1.32 bits per heavy atom. The predicted molar refractivity (Wildman–Crippen MR) is 74.9 cm³/mol. The minimum Gasteiger partial charge on any atom is -0.603 e. The molecule has 0 bridgehead atoms. The average Bonchev–Trinajstić information content (AvgIpc) is 2.40. The van der Waals surface area contributed by atoms with Crippen LogP contribution >= 0.6 is 8.00 Å². The Labute approximate surface area is 114 Å². The molecule has 1 aromatic rings. The van der Waals surface area contributed by atoms with Gasteiger partial charge in [0.15, 0.2) is 0 Å². The van der Waals surface area contributed by atoms with Crippen molar-refractivity contribution in [2.24, 2.45) is 5.92 Å². The first-order valence-electron chi connectivity index (χ1n) is 6.32. The van der Waals surface area contributed by atoms with Crippen LogP contribution in [0, 0.1) is 5.92 Å². The lowest BCUT2D eigenvalue weighted by Crippen LogP contribution is -2.22. The Kier molecular flexibility index (Phi) is 7.34. The van der Waals surface area contributed by atoms with E-state index in [-0.39, 0.29) is 5.97 Å². The topological polar surface area (TPSA) is 58.6 Å². The molecule has 19 heavy (non-hydrogen) atoms. The van der Waals surface area contributed by atoms with Gasteiger partial charge in [0.25, 0.3) is 0 Å². The van der Waals surface area contributed by atoms with Crippen LogP contribution in [0.5, 0.6) is 0 Å². The van der Waals surface area contributed by atoms with Gasteiger partial charge >= 0.3 is 5.97 Å². The number of carbonyl (C=O) groups is 1. The molecule has 0 aliphatic heterocycles. The molecule has 0 aliphatic rings. The van der Waals surface area contributed by atoms with Gasteiger partial charge in [0, 0.05) is 0 Å². The highest BCUT2D eigenvalue weighted by atomic mass is 31.1. The summed E-state index contributed by atoms with van der Waals surface area (Å²) in [6.07, 6.45) is 0.466. The minimum absolute atomic E-state index is 0.309. The van der Waals surface area contributed by atoms with Crippen LogP contribution < -0.4 is 4.89 Å². The third-order valence-electron chi connectivity index (χ3n) is 2.45. The number of benzene rings is 1. The lowest BCUT2D eigenvalue weighted by atomic mass is 10.0. The van der Waals surface area contributed by atoms with Gasteiger partial charge in [-0.25, -0.2) is 0 Å². The van der Waals surface area contributed by atoms with Gasteiger partial charge in [-0.15, -0.1) is 0 Å². The lowest BCUT2D eigenvalue weighted by molar-refractivity contribution is -0.172. The van der Waals surface area contributed by atoms with Crippen LogP contribution in [0.1, 0.15) is 19.4 Å². The summed E-state index contributed by atoms with van der Waals surface area (Å²) < 4.78 is 9.99. The fourth-order valence-electron chi connectivity index (χ4n) is 1.63. The lowest BCUT2D eigenvalue weighted by Gasteiger charge is -2.10. The van der Waals surface area contributed by atoms with E-state index >= 15 is 0 Å². The Balaban J connectivity index is 2.80. The zero-order valence-corrected chi connectivity index (χ0v) is 12.1. The van der Waals surface area contributed by atoms with E-state index in [4.69, 9.17) is 9.26 Å².